The molecule has 0 aliphatic rings. The third-order valence-corrected chi connectivity index (χ3v) is 4.94. The van der Waals surface area contributed by atoms with Gasteiger partial charge < -0.3 is 5.32 Å². The van der Waals surface area contributed by atoms with Crippen LogP contribution in [0.15, 0.2) is 59.8 Å². The number of benzene rings is 2. The Bertz CT molecular complexity index is 1280. The Kier molecular flexibility index (Phi) is 5.18. The number of amides is 1. The Hall–Kier alpha value is -3.74. The fourth-order valence-corrected chi connectivity index (χ4v) is 3.55. The molecule has 30 heavy (non-hydrogen) atoms. The molecule has 0 radical (unpaired) electrons. The molecular formula is C23H23N5O2. The molecule has 2 heterocycles. The Morgan fingerprint density at radius 1 is 1.10 bits per heavy atom. The van der Waals surface area contributed by atoms with E-state index in [9.17, 15) is 9.59 Å². The fourth-order valence-electron chi connectivity index (χ4n) is 3.55. The lowest BCUT2D eigenvalue weighted by Gasteiger charge is -2.09. The molecule has 2 aromatic heterocycles. The van der Waals surface area contributed by atoms with Gasteiger partial charge in [0.25, 0.3) is 5.56 Å². The summed E-state index contributed by atoms with van der Waals surface area (Å²) >= 11 is 0. The first-order valence-corrected chi connectivity index (χ1v) is 9.85. The fraction of sp³-hybridized carbons (Fsp3) is 0.217. The summed E-state index contributed by atoms with van der Waals surface area (Å²) in [7, 11) is 0. The first-order chi connectivity index (χ1) is 14.4. The number of hydrogen-bond acceptors (Lipinski definition) is 4. The number of aromatic nitrogens is 4. The lowest BCUT2D eigenvalue weighted by Crippen LogP contribution is -2.27. The van der Waals surface area contributed by atoms with Gasteiger partial charge in [-0.15, -0.1) is 0 Å². The Labute approximate surface area is 174 Å². The molecule has 2 aromatic carbocycles. The molecule has 152 valence electrons. The van der Waals surface area contributed by atoms with E-state index >= 15 is 0 Å². The largest absolute Gasteiger partial charge is 0.325 e. The summed E-state index contributed by atoms with van der Waals surface area (Å²) in [5, 5.41) is 7.57. The monoisotopic (exact) mass is 401 g/mol. The number of anilines is 1. The van der Waals surface area contributed by atoms with E-state index in [0.29, 0.717) is 16.7 Å². The second kappa shape index (κ2) is 7.94. The van der Waals surface area contributed by atoms with E-state index in [-0.39, 0.29) is 18.0 Å². The first kappa shape index (κ1) is 19.6. The van der Waals surface area contributed by atoms with Crippen molar-refractivity contribution >= 4 is 22.6 Å². The maximum absolute atomic E-state index is 12.9. The molecule has 7 nitrogen and oxygen atoms in total. The van der Waals surface area contributed by atoms with Crippen LogP contribution >= 0.6 is 0 Å². The van der Waals surface area contributed by atoms with Gasteiger partial charge in [0.15, 0.2) is 5.65 Å². The quantitative estimate of drug-likeness (QED) is 0.556. The summed E-state index contributed by atoms with van der Waals surface area (Å²) in [5.41, 5.74) is 5.07. The summed E-state index contributed by atoms with van der Waals surface area (Å²) in [6, 6.07) is 13.7. The van der Waals surface area contributed by atoms with Gasteiger partial charge in [-0.3, -0.25) is 14.2 Å². The SMILES string of the molecule is CCc1cccc(NC(=O)Cn2cnc3c(cnn3-c3cc(C)cc(C)c3)c2=O)c1. The molecule has 0 spiro atoms. The van der Waals surface area contributed by atoms with E-state index in [1.807, 2.05) is 50.2 Å². The molecule has 0 aliphatic carbocycles. The maximum atomic E-state index is 12.9. The summed E-state index contributed by atoms with van der Waals surface area (Å²) in [6.45, 7) is 5.96. The van der Waals surface area contributed by atoms with Crippen molar-refractivity contribution < 1.29 is 4.79 Å². The minimum absolute atomic E-state index is 0.118. The van der Waals surface area contributed by atoms with Gasteiger partial charge in [0.1, 0.15) is 18.3 Å². The van der Waals surface area contributed by atoms with Crippen LogP contribution in [0.25, 0.3) is 16.7 Å². The number of fused-ring (bicyclic) bond motifs is 1. The summed E-state index contributed by atoms with van der Waals surface area (Å²) < 4.78 is 2.95. The predicted molar refractivity (Wildman–Crippen MR) is 117 cm³/mol. The van der Waals surface area contributed by atoms with Crippen molar-refractivity contribution in [2.45, 2.75) is 33.7 Å². The molecule has 4 rings (SSSR count). The number of aryl methyl sites for hydroxylation is 3. The molecule has 1 amide bonds. The van der Waals surface area contributed by atoms with Gasteiger partial charge in [-0.05, 0) is 61.2 Å². The van der Waals surface area contributed by atoms with Crippen LogP contribution < -0.4 is 10.9 Å². The molecule has 0 saturated heterocycles. The molecule has 0 unspecified atom stereocenters. The number of hydrogen-bond donors (Lipinski definition) is 1. The van der Waals surface area contributed by atoms with Crippen LogP contribution in [0.5, 0.6) is 0 Å². The van der Waals surface area contributed by atoms with Crippen LogP contribution in [0.4, 0.5) is 5.69 Å². The lowest BCUT2D eigenvalue weighted by molar-refractivity contribution is -0.116. The second-order valence-electron chi connectivity index (χ2n) is 7.42. The summed E-state index contributed by atoms with van der Waals surface area (Å²) in [4.78, 5) is 29.7. The number of carbonyl (C=O) groups is 1. The first-order valence-electron chi connectivity index (χ1n) is 9.85. The zero-order valence-electron chi connectivity index (χ0n) is 17.2. The Morgan fingerprint density at radius 3 is 2.60 bits per heavy atom. The van der Waals surface area contributed by atoms with E-state index in [1.165, 1.54) is 17.1 Å². The number of nitrogens with one attached hydrogen (secondary N) is 1. The highest BCUT2D eigenvalue weighted by Crippen LogP contribution is 2.17. The highest BCUT2D eigenvalue weighted by atomic mass is 16.2. The van der Waals surface area contributed by atoms with Gasteiger partial charge in [-0.1, -0.05) is 25.1 Å². The van der Waals surface area contributed by atoms with Crippen molar-refractivity contribution in [3.05, 3.63) is 82.0 Å². The molecule has 0 bridgehead atoms. The van der Waals surface area contributed by atoms with Gasteiger partial charge in [0, 0.05) is 5.69 Å². The molecule has 0 saturated carbocycles. The van der Waals surface area contributed by atoms with Crippen molar-refractivity contribution in [1.29, 1.82) is 0 Å². The van der Waals surface area contributed by atoms with Gasteiger partial charge >= 0.3 is 0 Å². The van der Waals surface area contributed by atoms with E-state index in [1.54, 1.807) is 4.68 Å². The van der Waals surface area contributed by atoms with Crippen LogP contribution in [0, 0.1) is 13.8 Å². The zero-order valence-corrected chi connectivity index (χ0v) is 17.2. The summed E-state index contributed by atoms with van der Waals surface area (Å²) in [6.07, 6.45) is 3.78. The third kappa shape index (κ3) is 3.87. The smallest absolute Gasteiger partial charge is 0.264 e. The predicted octanol–water partition coefficient (Wildman–Crippen LogP) is 3.40. The Morgan fingerprint density at radius 2 is 1.87 bits per heavy atom. The number of carbonyl (C=O) groups excluding carboxylic acids is 1. The molecule has 7 heteroatoms. The second-order valence-corrected chi connectivity index (χ2v) is 7.42. The van der Waals surface area contributed by atoms with Gasteiger partial charge in [0.2, 0.25) is 5.91 Å². The molecular weight excluding hydrogens is 378 g/mol. The van der Waals surface area contributed by atoms with E-state index in [4.69, 9.17) is 0 Å². The van der Waals surface area contributed by atoms with Crippen LogP contribution in [0.3, 0.4) is 0 Å². The maximum Gasteiger partial charge on any atom is 0.264 e. The van der Waals surface area contributed by atoms with E-state index in [2.05, 4.69) is 28.4 Å². The molecule has 0 fully saturated rings. The van der Waals surface area contributed by atoms with Gasteiger partial charge in [-0.2, -0.15) is 5.10 Å². The molecule has 1 N–H and O–H groups in total. The van der Waals surface area contributed by atoms with Crippen LogP contribution in [0.1, 0.15) is 23.6 Å². The van der Waals surface area contributed by atoms with Crippen molar-refractivity contribution in [3.8, 4) is 5.69 Å². The lowest BCUT2D eigenvalue weighted by atomic mass is 10.1. The van der Waals surface area contributed by atoms with Crippen molar-refractivity contribution in [3.63, 3.8) is 0 Å². The highest BCUT2D eigenvalue weighted by molar-refractivity contribution is 5.90. The van der Waals surface area contributed by atoms with Crippen molar-refractivity contribution in [1.82, 2.24) is 19.3 Å². The minimum atomic E-state index is -0.298. The molecule has 0 atom stereocenters. The number of nitrogens with zero attached hydrogens (tertiary/aromatic N) is 4. The van der Waals surface area contributed by atoms with Crippen molar-refractivity contribution in [2.24, 2.45) is 0 Å². The molecule has 0 aliphatic heterocycles. The van der Waals surface area contributed by atoms with Crippen LogP contribution in [-0.2, 0) is 17.8 Å². The Balaban J connectivity index is 1.61. The average Bonchev–Trinajstić information content (AvgIpc) is 3.14. The van der Waals surface area contributed by atoms with Crippen LogP contribution in [0.2, 0.25) is 0 Å². The van der Waals surface area contributed by atoms with E-state index < -0.39 is 0 Å². The zero-order chi connectivity index (χ0) is 21.3. The third-order valence-electron chi connectivity index (χ3n) is 4.94. The topological polar surface area (TPSA) is 81.8 Å². The summed E-state index contributed by atoms with van der Waals surface area (Å²) in [5.74, 6) is -0.284. The van der Waals surface area contributed by atoms with Crippen LogP contribution in [-0.4, -0.2) is 25.2 Å². The standard InChI is InChI=1S/C23H23N5O2/c1-4-17-6-5-7-18(11-17)26-21(29)13-27-14-24-22-20(23(27)30)12-25-28(22)19-9-15(2)8-16(3)10-19/h5-12,14H,4,13H2,1-3H3,(H,26,29). The van der Waals surface area contributed by atoms with Gasteiger partial charge in [-0.25, -0.2) is 9.67 Å². The highest BCUT2D eigenvalue weighted by Gasteiger charge is 2.14. The minimum Gasteiger partial charge on any atom is -0.325 e. The molecule has 4 aromatic rings. The number of rotatable bonds is 5. The van der Waals surface area contributed by atoms with E-state index in [0.717, 1.165) is 28.8 Å². The normalized spacial score (nSPS) is 11.0. The van der Waals surface area contributed by atoms with Gasteiger partial charge in [0.05, 0.1) is 11.9 Å². The van der Waals surface area contributed by atoms with Crippen molar-refractivity contribution in [2.75, 3.05) is 5.32 Å². The average molecular weight is 401 g/mol.